The highest BCUT2D eigenvalue weighted by Crippen LogP contribution is 2.17. The van der Waals surface area contributed by atoms with E-state index in [9.17, 15) is 4.91 Å². The minimum absolute atomic E-state index is 0.0787. The second-order valence-electron chi connectivity index (χ2n) is 4.12. The molecule has 2 N–H and O–H groups in total. The molecule has 0 radical (unpaired) electrons. The fourth-order valence-electron chi connectivity index (χ4n) is 1.34. The molecule has 1 aromatic heterocycles. The summed E-state index contributed by atoms with van der Waals surface area (Å²) < 4.78 is 11.7. The first-order valence-corrected chi connectivity index (χ1v) is 5.44. The number of nitrogens with zero attached hydrogens (tertiary/aromatic N) is 3. The summed E-state index contributed by atoms with van der Waals surface area (Å²) >= 11 is 0. The maximum absolute atomic E-state index is 10.8. The van der Waals surface area contributed by atoms with Crippen LogP contribution in [0.1, 0.15) is 13.8 Å². The highest BCUT2D eigenvalue weighted by atomic mass is 16.8. The van der Waals surface area contributed by atoms with Gasteiger partial charge in [-0.25, -0.2) is 0 Å². The van der Waals surface area contributed by atoms with Gasteiger partial charge in [-0.15, -0.1) is 0 Å². The topological polar surface area (TPSA) is 91.6 Å². The van der Waals surface area contributed by atoms with Gasteiger partial charge in [0.05, 0.1) is 31.6 Å². The average Bonchev–Trinajstić information content (AvgIpc) is 2.84. The van der Waals surface area contributed by atoms with E-state index in [1.54, 1.807) is 7.05 Å². The van der Waals surface area contributed by atoms with Crippen molar-refractivity contribution in [3.05, 3.63) is 11.1 Å². The SMILES string of the molecule is CC1(C)OCCO1.CO[N+](=O)c1nn(C)cc1N. The van der Waals surface area contributed by atoms with Crippen molar-refractivity contribution in [3.8, 4) is 0 Å². The van der Waals surface area contributed by atoms with E-state index in [-0.39, 0.29) is 16.5 Å². The van der Waals surface area contributed by atoms with Gasteiger partial charge in [0.1, 0.15) is 7.11 Å². The van der Waals surface area contributed by atoms with Crippen LogP contribution in [0.15, 0.2) is 6.20 Å². The van der Waals surface area contributed by atoms with E-state index < -0.39 is 0 Å². The van der Waals surface area contributed by atoms with Crippen LogP contribution in [0.5, 0.6) is 0 Å². The normalized spacial score (nSPS) is 16.9. The molecule has 0 amide bonds. The van der Waals surface area contributed by atoms with Crippen LogP contribution >= 0.6 is 0 Å². The summed E-state index contributed by atoms with van der Waals surface area (Å²) in [5.41, 5.74) is 5.71. The molecule has 0 atom stereocenters. The first kappa shape index (κ1) is 14.4. The highest BCUT2D eigenvalue weighted by molar-refractivity contribution is 5.50. The lowest BCUT2D eigenvalue weighted by atomic mass is 10.4. The monoisotopic (exact) mass is 259 g/mol. The minimum Gasteiger partial charge on any atom is -0.390 e. The number of nitrogen functional groups attached to an aromatic ring is 1. The number of rotatable bonds is 2. The number of nitrogens with two attached hydrogens (primary N) is 1. The lowest BCUT2D eigenvalue weighted by Gasteiger charge is -2.13. The van der Waals surface area contributed by atoms with Crippen LogP contribution in [0.25, 0.3) is 0 Å². The van der Waals surface area contributed by atoms with Gasteiger partial charge in [0.15, 0.2) is 16.4 Å². The summed E-state index contributed by atoms with van der Waals surface area (Å²) in [6, 6.07) is 0. The number of aromatic nitrogens is 2. The number of aryl methyl sites for hydroxylation is 1. The molecule has 8 heteroatoms. The zero-order valence-corrected chi connectivity index (χ0v) is 11.0. The number of ether oxygens (including phenoxy) is 2. The summed E-state index contributed by atoms with van der Waals surface area (Å²) in [5, 5.41) is 3.76. The Morgan fingerprint density at radius 1 is 1.50 bits per heavy atom. The van der Waals surface area contributed by atoms with Crippen LogP contribution in [0.2, 0.25) is 0 Å². The first-order valence-electron chi connectivity index (χ1n) is 5.44. The molecule has 1 aromatic rings. The third-order valence-corrected chi connectivity index (χ3v) is 2.16. The predicted octanol–water partition coefficient (Wildman–Crippen LogP) is 0.743. The van der Waals surface area contributed by atoms with Crippen LogP contribution < -0.4 is 5.73 Å². The molecule has 0 aliphatic carbocycles. The lowest BCUT2D eigenvalue weighted by Crippen LogP contribution is -2.18. The van der Waals surface area contributed by atoms with E-state index in [1.165, 1.54) is 18.0 Å². The standard InChI is InChI=1S/C5H9N4O2.C5H10O2/c1-8-3-4(6)5(7-8)9(10)11-2;1-5(2)6-3-4-7-5/h3H,6H2,1-2H3;3-4H2,1-2H3/q+1;. The Hall–Kier alpha value is -1.67. The van der Waals surface area contributed by atoms with Gasteiger partial charge in [-0.05, 0) is 18.8 Å². The molecule has 0 unspecified atom stereocenters. The second kappa shape index (κ2) is 5.78. The Labute approximate surface area is 105 Å². The quantitative estimate of drug-likeness (QED) is 0.788. The Balaban J connectivity index is 0.000000199. The van der Waals surface area contributed by atoms with Crippen molar-refractivity contribution in [3.63, 3.8) is 0 Å². The Morgan fingerprint density at radius 3 is 2.33 bits per heavy atom. The molecule has 1 saturated heterocycles. The molecule has 18 heavy (non-hydrogen) atoms. The maximum Gasteiger partial charge on any atom is 0.456 e. The van der Waals surface area contributed by atoms with Gasteiger partial charge in [-0.2, -0.15) is 4.68 Å². The van der Waals surface area contributed by atoms with Crippen molar-refractivity contribution in [1.82, 2.24) is 9.78 Å². The maximum atomic E-state index is 10.8. The Morgan fingerprint density at radius 2 is 2.06 bits per heavy atom. The van der Waals surface area contributed by atoms with E-state index in [2.05, 4.69) is 9.94 Å². The fraction of sp³-hybridized carbons (Fsp3) is 0.700. The van der Waals surface area contributed by atoms with E-state index >= 15 is 0 Å². The van der Waals surface area contributed by atoms with E-state index in [0.29, 0.717) is 5.69 Å². The molecule has 102 valence electrons. The second-order valence-corrected chi connectivity index (χ2v) is 4.12. The van der Waals surface area contributed by atoms with Crippen molar-refractivity contribution in [2.24, 2.45) is 7.05 Å². The molecule has 0 saturated carbocycles. The molecular formula is C10H19N4O4+. The van der Waals surface area contributed by atoms with Gasteiger partial charge in [-0.3, -0.25) is 0 Å². The number of hydrogen-bond donors (Lipinski definition) is 1. The van der Waals surface area contributed by atoms with Gasteiger partial charge in [0.2, 0.25) is 0 Å². The van der Waals surface area contributed by atoms with E-state index in [4.69, 9.17) is 15.2 Å². The van der Waals surface area contributed by atoms with Crippen molar-refractivity contribution in [2.75, 3.05) is 26.1 Å². The third-order valence-electron chi connectivity index (χ3n) is 2.16. The molecule has 8 nitrogen and oxygen atoms in total. The smallest absolute Gasteiger partial charge is 0.390 e. The summed E-state index contributed by atoms with van der Waals surface area (Å²) in [5.74, 6) is -0.227. The molecular weight excluding hydrogens is 240 g/mol. The summed E-state index contributed by atoms with van der Waals surface area (Å²) in [6.45, 7) is 5.32. The number of hydrogen-bond acceptors (Lipinski definition) is 6. The largest absolute Gasteiger partial charge is 0.456 e. The van der Waals surface area contributed by atoms with Gasteiger partial charge < -0.3 is 20.0 Å². The van der Waals surface area contributed by atoms with Gasteiger partial charge in [0.25, 0.3) is 0 Å². The van der Waals surface area contributed by atoms with Crippen LogP contribution in [-0.4, -0.2) is 40.8 Å². The molecule has 2 rings (SSSR count). The number of anilines is 1. The fourth-order valence-corrected chi connectivity index (χ4v) is 1.34. The van der Waals surface area contributed by atoms with Gasteiger partial charge >= 0.3 is 5.82 Å². The van der Waals surface area contributed by atoms with E-state index in [1.807, 2.05) is 13.8 Å². The molecule has 1 aliphatic heterocycles. The van der Waals surface area contributed by atoms with Crippen LogP contribution in [0.4, 0.5) is 11.5 Å². The zero-order chi connectivity index (χ0) is 13.8. The highest BCUT2D eigenvalue weighted by Gasteiger charge is 2.23. The molecule has 1 fully saturated rings. The molecule has 0 spiro atoms. The molecule has 2 heterocycles. The van der Waals surface area contributed by atoms with Crippen LogP contribution in [0.3, 0.4) is 0 Å². The average molecular weight is 259 g/mol. The Bertz CT molecular complexity index is 408. The predicted molar refractivity (Wildman–Crippen MR) is 63.9 cm³/mol. The van der Waals surface area contributed by atoms with Gasteiger partial charge in [0, 0.05) is 0 Å². The van der Waals surface area contributed by atoms with Crippen LogP contribution in [0, 0.1) is 4.91 Å². The van der Waals surface area contributed by atoms with Crippen molar-refractivity contribution >= 4 is 11.5 Å². The minimum atomic E-state index is -0.306. The van der Waals surface area contributed by atoms with Crippen molar-refractivity contribution < 1.29 is 19.2 Å². The van der Waals surface area contributed by atoms with Crippen molar-refractivity contribution in [1.29, 1.82) is 0 Å². The summed E-state index contributed by atoms with van der Waals surface area (Å²) in [7, 11) is 2.92. The Kier molecular flexibility index (Phi) is 4.62. The lowest BCUT2D eigenvalue weighted by molar-refractivity contribution is -0.738. The third kappa shape index (κ3) is 3.97. The van der Waals surface area contributed by atoms with E-state index in [0.717, 1.165) is 13.2 Å². The summed E-state index contributed by atoms with van der Waals surface area (Å²) in [6.07, 6.45) is 1.53. The molecule has 0 aromatic carbocycles. The van der Waals surface area contributed by atoms with Gasteiger partial charge in [-0.1, -0.05) is 0 Å². The molecule has 0 bridgehead atoms. The van der Waals surface area contributed by atoms with Crippen LogP contribution in [-0.2, 0) is 21.4 Å². The molecule has 1 aliphatic rings. The zero-order valence-electron chi connectivity index (χ0n) is 11.0. The summed E-state index contributed by atoms with van der Waals surface area (Å²) in [4.78, 5) is 15.4. The van der Waals surface area contributed by atoms with Crippen molar-refractivity contribution in [2.45, 2.75) is 19.6 Å². The first-order chi connectivity index (χ1) is 8.35.